The Morgan fingerprint density at radius 1 is 1.32 bits per heavy atom. The lowest BCUT2D eigenvalue weighted by Crippen LogP contribution is -2.00. The van der Waals surface area contributed by atoms with E-state index in [0.29, 0.717) is 32.8 Å². The van der Waals surface area contributed by atoms with Crippen molar-refractivity contribution in [1.82, 2.24) is 14.9 Å². The van der Waals surface area contributed by atoms with E-state index < -0.39 is 0 Å². The van der Waals surface area contributed by atoms with Gasteiger partial charge in [-0.05, 0) is 45.8 Å². The molecule has 3 rings (SSSR count). The van der Waals surface area contributed by atoms with Crippen molar-refractivity contribution in [2.24, 2.45) is 5.10 Å². The fourth-order valence-electron chi connectivity index (χ4n) is 2.28. The zero-order chi connectivity index (χ0) is 17.8. The van der Waals surface area contributed by atoms with E-state index in [-0.39, 0.29) is 5.75 Å². The molecule has 0 aliphatic carbocycles. The molecule has 0 fully saturated rings. The van der Waals surface area contributed by atoms with E-state index in [9.17, 15) is 5.11 Å². The molecule has 1 heterocycles. The van der Waals surface area contributed by atoms with Crippen molar-refractivity contribution < 1.29 is 9.84 Å². The zero-order valence-corrected chi connectivity index (χ0v) is 15.7. The molecule has 0 radical (unpaired) electrons. The van der Waals surface area contributed by atoms with Gasteiger partial charge >= 0.3 is 0 Å². The summed E-state index contributed by atoms with van der Waals surface area (Å²) in [6.45, 7) is 0. The lowest BCUT2D eigenvalue weighted by molar-refractivity contribution is 0.372. The molecule has 0 bridgehead atoms. The SMILES string of the molecule is COc1ccc(/C=N\n2c(Cc3ccccc3)n[nH]c2=S)c(Br)c1O. The molecule has 0 saturated heterocycles. The first-order valence-corrected chi connectivity index (χ1v) is 8.60. The van der Waals surface area contributed by atoms with Crippen molar-refractivity contribution in [2.45, 2.75) is 6.42 Å². The number of phenols is 1. The first-order chi connectivity index (χ1) is 12.1. The fourth-order valence-corrected chi connectivity index (χ4v) is 2.91. The quantitative estimate of drug-likeness (QED) is 0.486. The topological polar surface area (TPSA) is 75.4 Å². The third-order valence-corrected chi connectivity index (χ3v) is 4.66. The summed E-state index contributed by atoms with van der Waals surface area (Å²) in [6, 6.07) is 13.4. The van der Waals surface area contributed by atoms with E-state index in [1.807, 2.05) is 30.3 Å². The summed E-state index contributed by atoms with van der Waals surface area (Å²) in [7, 11) is 1.50. The van der Waals surface area contributed by atoms with Gasteiger partial charge in [-0.2, -0.15) is 14.9 Å². The molecule has 0 aliphatic rings. The predicted octanol–water partition coefficient (Wildman–Crippen LogP) is 3.89. The molecular weight excluding hydrogens is 404 g/mol. The van der Waals surface area contributed by atoms with Crippen LogP contribution in [0.1, 0.15) is 17.0 Å². The maximum absolute atomic E-state index is 10.1. The standard InChI is InChI=1S/C17H15BrN4O2S/c1-24-13-8-7-12(15(18)16(13)23)10-19-22-14(20-21-17(22)25)9-11-5-3-2-4-6-11/h2-8,10,23H,9H2,1H3,(H,21,25)/b19-10-. The van der Waals surface area contributed by atoms with Gasteiger partial charge in [-0.1, -0.05) is 30.3 Å². The van der Waals surface area contributed by atoms with Crippen LogP contribution in [0, 0.1) is 4.77 Å². The van der Waals surface area contributed by atoms with Gasteiger partial charge < -0.3 is 9.84 Å². The summed E-state index contributed by atoms with van der Waals surface area (Å²) in [4.78, 5) is 0. The maximum atomic E-state index is 10.1. The third-order valence-electron chi connectivity index (χ3n) is 3.56. The summed E-state index contributed by atoms with van der Waals surface area (Å²) < 4.78 is 7.53. The highest BCUT2D eigenvalue weighted by Gasteiger charge is 2.10. The molecule has 25 heavy (non-hydrogen) atoms. The van der Waals surface area contributed by atoms with Gasteiger partial charge in [0.25, 0.3) is 0 Å². The number of H-pyrrole nitrogens is 1. The molecule has 0 spiro atoms. The van der Waals surface area contributed by atoms with E-state index in [4.69, 9.17) is 17.0 Å². The number of aromatic nitrogens is 3. The second-order valence-electron chi connectivity index (χ2n) is 5.18. The normalized spacial score (nSPS) is 11.1. The van der Waals surface area contributed by atoms with Crippen LogP contribution >= 0.6 is 28.1 Å². The second kappa shape index (κ2) is 7.62. The summed E-state index contributed by atoms with van der Waals surface area (Å²) in [5, 5.41) is 21.5. The summed E-state index contributed by atoms with van der Waals surface area (Å²) in [5.74, 6) is 1.10. The fraction of sp³-hybridized carbons (Fsp3) is 0.118. The minimum absolute atomic E-state index is 0.0201. The molecule has 2 N–H and O–H groups in total. The number of hydrogen-bond acceptors (Lipinski definition) is 5. The van der Waals surface area contributed by atoms with E-state index in [0.717, 1.165) is 5.56 Å². The summed E-state index contributed by atoms with van der Waals surface area (Å²) >= 11 is 8.60. The average Bonchev–Trinajstić information content (AvgIpc) is 2.97. The Morgan fingerprint density at radius 2 is 2.08 bits per heavy atom. The van der Waals surface area contributed by atoms with Gasteiger partial charge in [0.2, 0.25) is 4.77 Å². The zero-order valence-electron chi connectivity index (χ0n) is 13.3. The summed E-state index contributed by atoms with van der Waals surface area (Å²) in [5.41, 5.74) is 1.79. The number of aromatic amines is 1. The number of ether oxygens (including phenoxy) is 1. The van der Waals surface area contributed by atoms with Crippen LogP contribution in [0.25, 0.3) is 0 Å². The third kappa shape index (κ3) is 3.80. The Kier molecular flexibility index (Phi) is 5.30. The number of aromatic hydroxyl groups is 1. The molecular formula is C17H15BrN4O2S. The van der Waals surface area contributed by atoms with E-state index in [1.54, 1.807) is 23.0 Å². The number of hydrogen-bond donors (Lipinski definition) is 2. The molecule has 8 heteroatoms. The Labute approximate surface area is 157 Å². The van der Waals surface area contributed by atoms with E-state index >= 15 is 0 Å². The molecule has 0 atom stereocenters. The molecule has 1 aromatic heterocycles. The first kappa shape index (κ1) is 17.4. The van der Waals surface area contributed by atoms with Crippen molar-refractivity contribution in [2.75, 3.05) is 7.11 Å². The van der Waals surface area contributed by atoms with Crippen molar-refractivity contribution in [3.05, 3.63) is 68.7 Å². The number of phenolic OH excluding ortho intramolecular Hbond substituents is 1. The first-order valence-electron chi connectivity index (χ1n) is 7.40. The molecule has 0 saturated carbocycles. The monoisotopic (exact) mass is 418 g/mol. The molecule has 6 nitrogen and oxygen atoms in total. The van der Waals surface area contributed by atoms with Gasteiger partial charge in [0.15, 0.2) is 17.3 Å². The lowest BCUT2D eigenvalue weighted by Gasteiger charge is -2.07. The molecule has 0 aliphatic heterocycles. The van der Waals surface area contributed by atoms with Gasteiger partial charge in [0.1, 0.15) is 0 Å². The predicted molar refractivity (Wildman–Crippen MR) is 102 cm³/mol. The molecule has 2 aromatic carbocycles. The second-order valence-corrected chi connectivity index (χ2v) is 6.36. The number of halogens is 1. The minimum Gasteiger partial charge on any atom is -0.503 e. The van der Waals surface area contributed by atoms with Crippen LogP contribution in [0.2, 0.25) is 0 Å². The van der Waals surface area contributed by atoms with Crippen LogP contribution in [0.5, 0.6) is 11.5 Å². The van der Waals surface area contributed by atoms with Gasteiger partial charge in [-0.15, -0.1) is 0 Å². The van der Waals surface area contributed by atoms with E-state index in [2.05, 4.69) is 31.2 Å². The van der Waals surface area contributed by atoms with Gasteiger partial charge in [-0.3, -0.25) is 5.10 Å². The molecule has 0 amide bonds. The Morgan fingerprint density at radius 3 is 2.80 bits per heavy atom. The highest BCUT2D eigenvalue weighted by molar-refractivity contribution is 9.10. The number of methoxy groups -OCH3 is 1. The highest BCUT2D eigenvalue weighted by atomic mass is 79.9. The van der Waals surface area contributed by atoms with Crippen LogP contribution in [0.4, 0.5) is 0 Å². The van der Waals surface area contributed by atoms with Crippen LogP contribution in [0.15, 0.2) is 52.0 Å². The smallest absolute Gasteiger partial charge is 0.216 e. The number of nitrogens with zero attached hydrogens (tertiary/aromatic N) is 3. The minimum atomic E-state index is 0.0201. The Hall–Kier alpha value is -2.45. The number of nitrogens with one attached hydrogen (secondary N) is 1. The van der Waals surface area contributed by atoms with Crippen LogP contribution in [-0.2, 0) is 6.42 Å². The Bertz CT molecular complexity index is 967. The highest BCUT2D eigenvalue weighted by Crippen LogP contribution is 2.35. The van der Waals surface area contributed by atoms with Crippen LogP contribution in [-0.4, -0.2) is 33.3 Å². The van der Waals surface area contributed by atoms with Gasteiger partial charge in [0, 0.05) is 12.0 Å². The average molecular weight is 419 g/mol. The van der Waals surface area contributed by atoms with Crippen molar-refractivity contribution in [1.29, 1.82) is 0 Å². The van der Waals surface area contributed by atoms with Crippen LogP contribution < -0.4 is 4.74 Å². The van der Waals surface area contributed by atoms with Gasteiger partial charge in [-0.25, -0.2) is 0 Å². The van der Waals surface area contributed by atoms with Crippen molar-refractivity contribution in [3.63, 3.8) is 0 Å². The van der Waals surface area contributed by atoms with Crippen molar-refractivity contribution in [3.8, 4) is 11.5 Å². The Balaban J connectivity index is 1.91. The van der Waals surface area contributed by atoms with Gasteiger partial charge in [0.05, 0.1) is 17.8 Å². The van der Waals surface area contributed by atoms with Crippen molar-refractivity contribution >= 4 is 34.4 Å². The van der Waals surface area contributed by atoms with Crippen LogP contribution in [0.3, 0.4) is 0 Å². The molecule has 128 valence electrons. The number of benzene rings is 2. The molecule has 0 unspecified atom stereocenters. The largest absolute Gasteiger partial charge is 0.503 e. The maximum Gasteiger partial charge on any atom is 0.216 e. The van der Waals surface area contributed by atoms with E-state index in [1.165, 1.54) is 7.11 Å². The lowest BCUT2D eigenvalue weighted by atomic mass is 10.1. The summed E-state index contributed by atoms with van der Waals surface area (Å²) in [6.07, 6.45) is 2.20. The molecule has 3 aromatic rings. The number of rotatable bonds is 5.